The minimum absolute atomic E-state index is 0.0504. The van der Waals surface area contributed by atoms with E-state index in [-0.39, 0.29) is 37.5 Å². The highest BCUT2D eigenvalue weighted by molar-refractivity contribution is 5.79. The van der Waals surface area contributed by atoms with Gasteiger partial charge in [0.25, 0.3) is 0 Å². The second-order valence-electron chi connectivity index (χ2n) is 11.4. The SMILES string of the molecule is CC1CC(N(CCCC(=O)O)C(=O)OCC2c3ccccc3-c3ccccc32)CN(C(=O)OC(C)(C)C)C1. The largest absolute Gasteiger partial charge is 0.481 e. The van der Waals surface area contributed by atoms with Gasteiger partial charge in [-0.3, -0.25) is 4.79 Å². The van der Waals surface area contributed by atoms with E-state index in [0.717, 1.165) is 22.3 Å². The predicted molar refractivity (Wildman–Crippen MR) is 144 cm³/mol. The molecule has 204 valence electrons. The third-order valence-electron chi connectivity index (χ3n) is 7.09. The molecule has 8 nitrogen and oxygen atoms in total. The lowest BCUT2D eigenvalue weighted by Gasteiger charge is -2.41. The fraction of sp³-hybridized carbons (Fsp3) is 0.500. The Bertz CT molecular complexity index is 1130. The van der Waals surface area contributed by atoms with Gasteiger partial charge in [0.1, 0.15) is 12.2 Å². The summed E-state index contributed by atoms with van der Waals surface area (Å²) in [7, 11) is 0. The van der Waals surface area contributed by atoms with E-state index >= 15 is 0 Å². The second kappa shape index (κ2) is 11.5. The molecule has 2 aromatic rings. The first-order valence-corrected chi connectivity index (χ1v) is 13.3. The molecule has 4 rings (SSSR count). The molecule has 2 unspecified atom stereocenters. The number of carbonyl (C=O) groups is 3. The molecule has 38 heavy (non-hydrogen) atoms. The van der Waals surface area contributed by atoms with Crippen molar-refractivity contribution in [3.8, 4) is 11.1 Å². The van der Waals surface area contributed by atoms with Crippen LogP contribution in [0.3, 0.4) is 0 Å². The molecule has 2 amide bonds. The fourth-order valence-electron chi connectivity index (χ4n) is 5.52. The highest BCUT2D eigenvalue weighted by Crippen LogP contribution is 2.44. The standard InChI is InChI=1S/C30H38N2O6/c1-20-16-21(18-31(17-20)28(35)38-30(2,3)4)32(15-9-14-27(33)34)29(36)37-19-26-24-12-7-5-10-22(24)23-11-6-8-13-25(23)26/h5-8,10-13,20-21,26H,9,14-19H2,1-4H3,(H,33,34). The zero-order valence-electron chi connectivity index (χ0n) is 22.7. The molecule has 0 saturated carbocycles. The molecule has 1 saturated heterocycles. The number of piperidine rings is 1. The molecule has 1 heterocycles. The van der Waals surface area contributed by atoms with Gasteiger partial charge in [-0.15, -0.1) is 0 Å². The van der Waals surface area contributed by atoms with Gasteiger partial charge >= 0.3 is 18.2 Å². The Morgan fingerprint density at radius 1 is 1.00 bits per heavy atom. The summed E-state index contributed by atoms with van der Waals surface area (Å²) in [6, 6.07) is 16.0. The number of fused-ring (bicyclic) bond motifs is 3. The number of rotatable bonds is 7. The van der Waals surface area contributed by atoms with E-state index in [1.807, 2.05) is 52.0 Å². The first-order chi connectivity index (χ1) is 18.0. The van der Waals surface area contributed by atoms with E-state index < -0.39 is 23.8 Å². The first-order valence-electron chi connectivity index (χ1n) is 13.3. The van der Waals surface area contributed by atoms with Gasteiger partial charge in [-0.2, -0.15) is 0 Å². The Kier molecular flexibility index (Phi) is 8.29. The van der Waals surface area contributed by atoms with Crippen molar-refractivity contribution in [3.05, 3.63) is 59.7 Å². The number of likely N-dealkylation sites (tertiary alicyclic amines) is 1. The van der Waals surface area contributed by atoms with Crippen molar-refractivity contribution in [2.45, 2.75) is 64.5 Å². The zero-order chi connectivity index (χ0) is 27.4. The molecule has 2 aliphatic rings. The van der Waals surface area contributed by atoms with Gasteiger partial charge in [-0.1, -0.05) is 55.5 Å². The highest BCUT2D eigenvalue weighted by atomic mass is 16.6. The maximum atomic E-state index is 13.5. The number of hydrogen-bond donors (Lipinski definition) is 1. The molecule has 0 bridgehead atoms. The van der Waals surface area contributed by atoms with Gasteiger partial charge < -0.3 is 24.4 Å². The lowest BCUT2D eigenvalue weighted by Crippen LogP contribution is -2.55. The Morgan fingerprint density at radius 3 is 2.18 bits per heavy atom. The first kappa shape index (κ1) is 27.5. The number of hydrogen-bond acceptors (Lipinski definition) is 5. The Morgan fingerprint density at radius 2 is 1.61 bits per heavy atom. The van der Waals surface area contributed by atoms with Gasteiger partial charge in [0.15, 0.2) is 0 Å². The highest BCUT2D eigenvalue weighted by Gasteiger charge is 2.37. The van der Waals surface area contributed by atoms with Crippen LogP contribution >= 0.6 is 0 Å². The number of carboxylic acids is 1. The summed E-state index contributed by atoms with van der Waals surface area (Å²) in [5.74, 6) is -0.842. The molecule has 2 atom stereocenters. The lowest BCUT2D eigenvalue weighted by atomic mass is 9.95. The van der Waals surface area contributed by atoms with E-state index in [1.54, 1.807) is 9.80 Å². The van der Waals surface area contributed by atoms with E-state index in [4.69, 9.17) is 14.6 Å². The van der Waals surface area contributed by atoms with Gasteiger partial charge in [0.2, 0.25) is 0 Å². The Hall–Kier alpha value is -3.55. The minimum Gasteiger partial charge on any atom is -0.481 e. The van der Waals surface area contributed by atoms with Crippen LogP contribution in [0.15, 0.2) is 48.5 Å². The summed E-state index contributed by atoms with van der Waals surface area (Å²) in [6.07, 6.45) is 0.0473. The number of carbonyl (C=O) groups excluding carboxylic acids is 2. The Labute approximate surface area is 224 Å². The summed E-state index contributed by atoms with van der Waals surface area (Å²) in [5.41, 5.74) is 3.93. The molecule has 1 fully saturated rings. The van der Waals surface area contributed by atoms with Crippen LogP contribution in [0.4, 0.5) is 9.59 Å². The van der Waals surface area contributed by atoms with Crippen LogP contribution in [0.2, 0.25) is 0 Å². The monoisotopic (exact) mass is 522 g/mol. The van der Waals surface area contributed by atoms with Gasteiger partial charge in [-0.25, -0.2) is 9.59 Å². The normalized spacial score (nSPS) is 18.9. The second-order valence-corrected chi connectivity index (χ2v) is 11.4. The van der Waals surface area contributed by atoms with Crippen LogP contribution in [0, 0.1) is 5.92 Å². The van der Waals surface area contributed by atoms with E-state index in [1.165, 1.54) is 0 Å². The fourth-order valence-corrected chi connectivity index (χ4v) is 5.52. The van der Waals surface area contributed by atoms with Crippen molar-refractivity contribution in [3.63, 3.8) is 0 Å². The molecular formula is C30H38N2O6. The van der Waals surface area contributed by atoms with Crippen LogP contribution in [0.25, 0.3) is 11.1 Å². The summed E-state index contributed by atoms with van der Waals surface area (Å²) in [6.45, 7) is 8.79. The van der Waals surface area contributed by atoms with E-state index in [0.29, 0.717) is 25.9 Å². The predicted octanol–water partition coefficient (Wildman–Crippen LogP) is 5.75. The van der Waals surface area contributed by atoms with Crippen LogP contribution in [-0.4, -0.2) is 70.9 Å². The van der Waals surface area contributed by atoms with Crippen molar-refractivity contribution in [2.24, 2.45) is 5.92 Å². The quantitative estimate of drug-likeness (QED) is 0.498. The molecule has 0 radical (unpaired) electrons. The number of aliphatic carboxylic acids is 1. The maximum Gasteiger partial charge on any atom is 0.410 e. The smallest absolute Gasteiger partial charge is 0.410 e. The van der Waals surface area contributed by atoms with Crippen LogP contribution < -0.4 is 0 Å². The van der Waals surface area contributed by atoms with E-state index in [2.05, 4.69) is 24.3 Å². The summed E-state index contributed by atoms with van der Waals surface area (Å²) >= 11 is 0. The molecule has 1 N–H and O–H groups in total. The van der Waals surface area contributed by atoms with Crippen LogP contribution in [0.1, 0.15) is 64.0 Å². The van der Waals surface area contributed by atoms with Crippen molar-refractivity contribution >= 4 is 18.2 Å². The van der Waals surface area contributed by atoms with Crippen LogP contribution in [-0.2, 0) is 14.3 Å². The number of nitrogens with zero attached hydrogens (tertiary/aromatic N) is 2. The van der Waals surface area contributed by atoms with Gasteiger partial charge in [-0.05, 0) is 61.8 Å². The number of carboxylic acid groups (broad SMARTS) is 1. The molecule has 0 aromatic heterocycles. The molecule has 1 aliphatic heterocycles. The average molecular weight is 523 g/mol. The summed E-state index contributed by atoms with van der Waals surface area (Å²) < 4.78 is 11.5. The van der Waals surface area contributed by atoms with E-state index in [9.17, 15) is 14.4 Å². The molecule has 0 spiro atoms. The van der Waals surface area contributed by atoms with Crippen molar-refractivity contribution in [1.29, 1.82) is 0 Å². The zero-order valence-corrected chi connectivity index (χ0v) is 22.7. The van der Waals surface area contributed by atoms with Crippen molar-refractivity contribution < 1.29 is 29.0 Å². The maximum absolute atomic E-state index is 13.5. The molecule has 2 aromatic carbocycles. The number of ether oxygens (including phenoxy) is 2. The summed E-state index contributed by atoms with van der Waals surface area (Å²) in [5, 5.41) is 9.17. The lowest BCUT2D eigenvalue weighted by molar-refractivity contribution is -0.137. The van der Waals surface area contributed by atoms with Crippen molar-refractivity contribution in [2.75, 3.05) is 26.2 Å². The van der Waals surface area contributed by atoms with Crippen LogP contribution in [0.5, 0.6) is 0 Å². The number of benzene rings is 2. The van der Waals surface area contributed by atoms with Gasteiger partial charge in [0, 0.05) is 32.0 Å². The minimum atomic E-state index is -0.912. The molecular weight excluding hydrogens is 484 g/mol. The molecule has 1 aliphatic carbocycles. The summed E-state index contributed by atoms with van der Waals surface area (Å²) in [4.78, 5) is 40.8. The molecule has 8 heteroatoms. The Balaban J connectivity index is 1.50. The topological polar surface area (TPSA) is 96.4 Å². The third kappa shape index (κ3) is 6.47. The van der Waals surface area contributed by atoms with Gasteiger partial charge in [0.05, 0.1) is 6.04 Å². The third-order valence-corrected chi connectivity index (χ3v) is 7.09. The average Bonchev–Trinajstić information content (AvgIpc) is 3.17. The number of amides is 2. The van der Waals surface area contributed by atoms with Crippen molar-refractivity contribution in [1.82, 2.24) is 9.80 Å².